The molecule has 0 heterocycles. The Morgan fingerprint density at radius 1 is 1.55 bits per heavy atom. The molecule has 0 saturated heterocycles. The zero-order chi connectivity index (χ0) is 8.41. The van der Waals surface area contributed by atoms with Crippen LogP contribution in [0.15, 0.2) is 0 Å². The first-order valence-corrected chi connectivity index (χ1v) is 3.64. The summed E-state index contributed by atoms with van der Waals surface area (Å²) < 4.78 is 0. The Hall–Kier alpha value is 0.560. The van der Waals surface area contributed by atoms with Crippen LogP contribution in [-0.2, 0) is 0 Å². The van der Waals surface area contributed by atoms with Crippen LogP contribution in [0, 0.1) is 0 Å². The standard InChI is InChI=1S/C5H11Cl.CH2O3.Na/c1-2-3-4-5-6;2-1(3)4;/h2-5H2,1H3;(H2,2,3,4);/q;;+1/p-1. The molecule has 0 aliphatic rings. The molecule has 5 heteroatoms. The summed E-state index contributed by atoms with van der Waals surface area (Å²) in [6.45, 7) is 2.17. The van der Waals surface area contributed by atoms with Crippen LogP contribution >= 0.6 is 11.6 Å². The maximum Gasteiger partial charge on any atom is 1.00 e. The quantitative estimate of drug-likeness (QED) is 0.328. The summed E-state index contributed by atoms with van der Waals surface area (Å²) in [5.74, 6) is 0.827. The van der Waals surface area contributed by atoms with Gasteiger partial charge in [0.05, 0.1) is 0 Å². The Morgan fingerprint density at radius 3 is 2.00 bits per heavy atom. The van der Waals surface area contributed by atoms with Gasteiger partial charge < -0.3 is 15.0 Å². The van der Waals surface area contributed by atoms with Gasteiger partial charge in [0.15, 0.2) is 0 Å². The molecule has 0 aromatic rings. The first-order valence-electron chi connectivity index (χ1n) is 3.11. The normalized spacial score (nSPS) is 7.09. The van der Waals surface area contributed by atoms with Crippen LogP contribution in [0.3, 0.4) is 0 Å². The molecule has 0 saturated carbocycles. The number of hydrogen-bond acceptors (Lipinski definition) is 2. The molecule has 11 heavy (non-hydrogen) atoms. The summed E-state index contributed by atoms with van der Waals surface area (Å²) in [5, 5.41) is 15.3. The molecule has 0 aromatic carbocycles. The second-order valence-corrected chi connectivity index (χ2v) is 2.04. The van der Waals surface area contributed by atoms with E-state index < -0.39 is 6.16 Å². The molecule has 0 amide bonds. The van der Waals surface area contributed by atoms with Crippen molar-refractivity contribution in [3.8, 4) is 0 Å². The van der Waals surface area contributed by atoms with Crippen molar-refractivity contribution in [2.24, 2.45) is 0 Å². The number of carboxylic acid groups (broad SMARTS) is 2. The van der Waals surface area contributed by atoms with Crippen LogP contribution in [-0.4, -0.2) is 17.1 Å². The average molecular weight is 191 g/mol. The van der Waals surface area contributed by atoms with Gasteiger partial charge >= 0.3 is 29.6 Å². The number of alkyl halides is 1. The number of hydrogen-bond donors (Lipinski definition) is 1. The summed E-state index contributed by atoms with van der Waals surface area (Å²) in [6, 6.07) is 0. The largest absolute Gasteiger partial charge is 1.00 e. The van der Waals surface area contributed by atoms with E-state index in [1.807, 2.05) is 0 Å². The first kappa shape index (κ1) is 17.6. The van der Waals surface area contributed by atoms with E-state index in [9.17, 15) is 0 Å². The fourth-order valence-corrected chi connectivity index (χ4v) is 0.533. The van der Waals surface area contributed by atoms with E-state index in [-0.39, 0.29) is 29.6 Å². The van der Waals surface area contributed by atoms with Gasteiger partial charge in [-0.2, -0.15) is 0 Å². The van der Waals surface area contributed by atoms with Gasteiger partial charge in [0.2, 0.25) is 6.16 Å². The van der Waals surface area contributed by atoms with Crippen molar-refractivity contribution in [3.05, 3.63) is 0 Å². The summed E-state index contributed by atoms with van der Waals surface area (Å²) in [5.41, 5.74) is 0. The molecule has 62 valence electrons. The molecule has 0 aliphatic heterocycles. The molecular weight excluding hydrogens is 179 g/mol. The molecule has 3 nitrogen and oxygen atoms in total. The number of unbranched alkanes of at least 4 members (excludes halogenated alkanes) is 2. The molecule has 0 unspecified atom stereocenters. The third-order valence-corrected chi connectivity index (χ3v) is 1.00. The van der Waals surface area contributed by atoms with E-state index in [0.717, 1.165) is 5.88 Å². The van der Waals surface area contributed by atoms with E-state index in [0.29, 0.717) is 0 Å². The Labute approximate surface area is 94.0 Å². The molecule has 1 N–H and O–H groups in total. The van der Waals surface area contributed by atoms with Gasteiger partial charge in [0.1, 0.15) is 0 Å². The number of halogens is 1. The van der Waals surface area contributed by atoms with E-state index in [1.54, 1.807) is 0 Å². The average Bonchev–Trinajstić information content (AvgIpc) is 1.82. The van der Waals surface area contributed by atoms with Crippen molar-refractivity contribution in [2.75, 3.05) is 5.88 Å². The molecule has 0 bridgehead atoms. The van der Waals surface area contributed by atoms with Gasteiger partial charge in [0.25, 0.3) is 0 Å². The number of carbonyl (C=O) groups is 1. The third kappa shape index (κ3) is 61.1. The van der Waals surface area contributed by atoms with Gasteiger partial charge in [-0.15, -0.1) is 11.6 Å². The van der Waals surface area contributed by atoms with Crippen LogP contribution in [0.1, 0.15) is 26.2 Å². The van der Waals surface area contributed by atoms with Crippen LogP contribution in [0.5, 0.6) is 0 Å². The summed E-state index contributed by atoms with van der Waals surface area (Å²) in [4.78, 5) is 8.44. The molecule has 0 aliphatic carbocycles. The van der Waals surface area contributed by atoms with Crippen molar-refractivity contribution in [2.45, 2.75) is 26.2 Å². The summed E-state index contributed by atoms with van der Waals surface area (Å²) >= 11 is 5.38. The minimum absolute atomic E-state index is 0. The Kier molecular flexibility index (Phi) is 27.0. The smallest absolute Gasteiger partial charge is 0.565 e. The molecule has 0 radical (unpaired) electrons. The Bertz CT molecular complexity index is 72.2. The van der Waals surface area contributed by atoms with Crippen LogP contribution in [0.2, 0.25) is 0 Å². The fraction of sp³-hybridized carbons (Fsp3) is 0.833. The molecule has 0 fully saturated rings. The van der Waals surface area contributed by atoms with E-state index >= 15 is 0 Å². The molecule has 0 spiro atoms. The zero-order valence-corrected chi connectivity index (χ0v) is 9.73. The van der Waals surface area contributed by atoms with Crippen molar-refractivity contribution in [1.82, 2.24) is 0 Å². The van der Waals surface area contributed by atoms with Gasteiger partial charge in [-0.1, -0.05) is 19.8 Å². The van der Waals surface area contributed by atoms with Gasteiger partial charge in [-0.25, -0.2) is 0 Å². The fourth-order valence-electron chi connectivity index (χ4n) is 0.344. The van der Waals surface area contributed by atoms with Crippen LogP contribution in [0.25, 0.3) is 0 Å². The predicted molar refractivity (Wildman–Crippen MR) is 38.3 cm³/mol. The SMILES string of the molecule is CCCCCCl.O=C([O-])O.[Na+]. The second kappa shape index (κ2) is 16.9. The summed E-state index contributed by atoms with van der Waals surface area (Å²) in [7, 11) is 0. The van der Waals surface area contributed by atoms with E-state index in [1.165, 1.54) is 19.3 Å². The van der Waals surface area contributed by atoms with Gasteiger partial charge in [-0.05, 0) is 6.42 Å². The van der Waals surface area contributed by atoms with E-state index in [4.69, 9.17) is 26.6 Å². The van der Waals surface area contributed by atoms with Gasteiger partial charge in [0, 0.05) is 5.88 Å². The molecular formula is C6H12ClNaO3. The zero-order valence-electron chi connectivity index (χ0n) is 6.97. The van der Waals surface area contributed by atoms with Crippen molar-refractivity contribution in [1.29, 1.82) is 0 Å². The van der Waals surface area contributed by atoms with Crippen molar-refractivity contribution >= 4 is 17.8 Å². The minimum atomic E-state index is -2.08. The molecule has 0 rings (SSSR count). The summed E-state index contributed by atoms with van der Waals surface area (Å²) in [6.07, 6.45) is 1.65. The Balaban J connectivity index is -0.000000114. The van der Waals surface area contributed by atoms with Crippen molar-refractivity contribution in [3.63, 3.8) is 0 Å². The topological polar surface area (TPSA) is 60.4 Å². The Morgan fingerprint density at radius 2 is 1.91 bits per heavy atom. The monoisotopic (exact) mass is 190 g/mol. The van der Waals surface area contributed by atoms with Gasteiger partial charge in [-0.3, -0.25) is 0 Å². The molecule has 0 atom stereocenters. The van der Waals surface area contributed by atoms with Crippen LogP contribution < -0.4 is 34.7 Å². The van der Waals surface area contributed by atoms with Crippen molar-refractivity contribution < 1.29 is 44.6 Å². The maximum absolute atomic E-state index is 8.44. The number of rotatable bonds is 3. The maximum atomic E-state index is 8.44. The predicted octanol–water partition coefficient (Wildman–Crippen LogP) is -1.69. The second-order valence-electron chi connectivity index (χ2n) is 1.66. The molecule has 0 aromatic heterocycles. The van der Waals surface area contributed by atoms with E-state index in [2.05, 4.69) is 6.92 Å². The third-order valence-electron chi connectivity index (χ3n) is 0.737. The minimum Gasteiger partial charge on any atom is -0.565 e. The first-order chi connectivity index (χ1) is 4.65. The van der Waals surface area contributed by atoms with Crippen LogP contribution in [0.4, 0.5) is 4.79 Å².